The predicted octanol–water partition coefficient (Wildman–Crippen LogP) is 6.34. The van der Waals surface area contributed by atoms with Crippen LogP contribution in [0, 0.1) is 0 Å². The molecule has 0 fully saturated rings. The van der Waals surface area contributed by atoms with Gasteiger partial charge in [0.15, 0.2) is 5.78 Å². The molecule has 0 radical (unpaired) electrons. The molecule has 180 valence electrons. The van der Waals surface area contributed by atoms with Crippen molar-refractivity contribution in [2.24, 2.45) is 0 Å². The first-order valence-electron chi connectivity index (χ1n) is 12.0. The van der Waals surface area contributed by atoms with E-state index in [1.807, 2.05) is 78.9 Å². The smallest absolute Gasteiger partial charge is 0.330 e. The van der Waals surface area contributed by atoms with Crippen LogP contribution in [0.3, 0.4) is 0 Å². The third-order valence-electron chi connectivity index (χ3n) is 5.80. The SMILES string of the molecule is O=C(/C=C/C(=O)c1ccc(-c2ccccc2)cc1)OCCN(Cc1ccccc1)Cc1ccccc1. The molecule has 4 aromatic rings. The number of rotatable bonds is 11. The van der Waals surface area contributed by atoms with Crippen LogP contribution < -0.4 is 0 Å². The van der Waals surface area contributed by atoms with Gasteiger partial charge in [-0.2, -0.15) is 0 Å². The van der Waals surface area contributed by atoms with Gasteiger partial charge in [0.1, 0.15) is 6.61 Å². The maximum absolute atomic E-state index is 12.5. The van der Waals surface area contributed by atoms with Crippen molar-refractivity contribution in [3.05, 3.63) is 144 Å². The Kier molecular flexibility index (Phi) is 8.95. The van der Waals surface area contributed by atoms with Gasteiger partial charge in [-0.15, -0.1) is 0 Å². The normalized spacial score (nSPS) is 11.0. The number of ketones is 1. The number of hydrogen-bond acceptors (Lipinski definition) is 4. The Hall–Kier alpha value is -4.28. The molecule has 36 heavy (non-hydrogen) atoms. The zero-order chi connectivity index (χ0) is 25.0. The highest BCUT2D eigenvalue weighted by molar-refractivity contribution is 6.07. The number of allylic oxidation sites excluding steroid dienone is 1. The molecule has 0 bridgehead atoms. The number of carbonyl (C=O) groups excluding carboxylic acids is 2. The monoisotopic (exact) mass is 475 g/mol. The first kappa shape index (κ1) is 24.8. The second kappa shape index (κ2) is 13.0. The van der Waals surface area contributed by atoms with Gasteiger partial charge in [-0.3, -0.25) is 9.69 Å². The molecule has 0 aliphatic carbocycles. The van der Waals surface area contributed by atoms with Crippen LogP contribution in [0.4, 0.5) is 0 Å². The molecule has 0 aromatic heterocycles. The minimum absolute atomic E-state index is 0.235. The van der Waals surface area contributed by atoms with Gasteiger partial charge in [-0.1, -0.05) is 115 Å². The standard InChI is InChI=1S/C32H29NO3/c34-31(30-18-16-29(17-19-30)28-14-8-3-9-15-28)20-21-32(35)36-23-22-33(24-26-10-4-1-5-11-26)25-27-12-6-2-7-13-27/h1-21H,22-25H2/b21-20+. The lowest BCUT2D eigenvalue weighted by molar-refractivity contribution is -0.138. The summed E-state index contributed by atoms with van der Waals surface area (Å²) < 4.78 is 5.39. The molecule has 0 saturated heterocycles. The molecule has 4 aromatic carbocycles. The third-order valence-corrected chi connectivity index (χ3v) is 5.80. The first-order chi connectivity index (χ1) is 17.7. The van der Waals surface area contributed by atoms with Gasteiger partial charge in [-0.05, 0) is 28.3 Å². The number of carbonyl (C=O) groups is 2. The molecule has 0 heterocycles. The van der Waals surface area contributed by atoms with E-state index in [0.717, 1.165) is 24.2 Å². The summed E-state index contributed by atoms with van der Waals surface area (Å²) in [6.07, 6.45) is 2.47. The predicted molar refractivity (Wildman–Crippen MR) is 143 cm³/mol. The van der Waals surface area contributed by atoms with Crippen LogP contribution >= 0.6 is 0 Å². The Morgan fingerprint density at radius 2 is 1.11 bits per heavy atom. The van der Waals surface area contributed by atoms with Crippen LogP contribution in [-0.2, 0) is 22.6 Å². The molecule has 0 atom stereocenters. The van der Waals surface area contributed by atoms with E-state index >= 15 is 0 Å². The summed E-state index contributed by atoms with van der Waals surface area (Å²) in [7, 11) is 0. The van der Waals surface area contributed by atoms with Gasteiger partial charge in [0.2, 0.25) is 0 Å². The molecule has 0 amide bonds. The molecular formula is C32H29NO3. The minimum atomic E-state index is -0.524. The maximum atomic E-state index is 12.5. The van der Waals surface area contributed by atoms with Gasteiger partial charge in [-0.25, -0.2) is 4.79 Å². The second-order valence-electron chi connectivity index (χ2n) is 8.49. The van der Waals surface area contributed by atoms with Crippen molar-refractivity contribution in [3.63, 3.8) is 0 Å². The van der Waals surface area contributed by atoms with Gasteiger partial charge < -0.3 is 4.74 Å². The van der Waals surface area contributed by atoms with Crippen molar-refractivity contribution in [2.45, 2.75) is 13.1 Å². The van der Waals surface area contributed by atoms with E-state index in [9.17, 15) is 9.59 Å². The zero-order valence-electron chi connectivity index (χ0n) is 20.1. The van der Waals surface area contributed by atoms with Crippen molar-refractivity contribution in [1.29, 1.82) is 0 Å². The van der Waals surface area contributed by atoms with E-state index in [1.165, 1.54) is 23.3 Å². The van der Waals surface area contributed by atoms with E-state index in [0.29, 0.717) is 12.1 Å². The average Bonchev–Trinajstić information content (AvgIpc) is 2.93. The summed E-state index contributed by atoms with van der Waals surface area (Å²) in [4.78, 5) is 27.0. The number of esters is 1. The van der Waals surface area contributed by atoms with Gasteiger partial charge in [0.25, 0.3) is 0 Å². The minimum Gasteiger partial charge on any atom is -0.461 e. The highest BCUT2D eigenvalue weighted by Gasteiger charge is 2.09. The fourth-order valence-electron chi connectivity index (χ4n) is 3.92. The lowest BCUT2D eigenvalue weighted by Crippen LogP contribution is -2.27. The summed E-state index contributed by atoms with van der Waals surface area (Å²) in [5, 5.41) is 0. The van der Waals surface area contributed by atoms with Gasteiger partial charge in [0.05, 0.1) is 0 Å². The molecule has 0 spiro atoms. The van der Waals surface area contributed by atoms with Crippen LogP contribution in [-0.4, -0.2) is 29.8 Å². The Balaban J connectivity index is 1.28. The summed E-state index contributed by atoms with van der Waals surface area (Å²) in [6.45, 7) is 2.32. The van der Waals surface area contributed by atoms with Crippen LogP contribution in [0.15, 0.2) is 127 Å². The third kappa shape index (κ3) is 7.62. The Morgan fingerprint density at radius 3 is 1.67 bits per heavy atom. The lowest BCUT2D eigenvalue weighted by atomic mass is 10.0. The van der Waals surface area contributed by atoms with Crippen LogP contribution in [0.5, 0.6) is 0 Å². The molecule has 4 nitrogen and oxygen atoms in total. The number of nitrogens with zero attached hydrogens (tertiary/aromatic N) is 1. The molecule has 0 unspecified atom stereocenters. The number of ether oxygens (including phenoxy) is 1. The Morgan fingerprint density at radius 1 is 0.611 bits per heavy atom. The summed E-state index contributed by atoms with van der Waals surface area (Å²) >= 11 is 0. The van der Waals surface area contributed by atoms with E-state index < -0.39 is 5.97 Å². The van der Waals surface area contributed by atoms with Crippen molar-refractivity contribution < 1.29 is 14.3 Å². The Bertz CT molecular complexity index is 1230. The van der Waals surface area contributed by atoms with E-state index in [4.69, 9.17) is 4.74 Å². The van der Waals surface area contributed by atoms with Crippen molar-refractivity contribution in [1.82, 2.24) is 4.90 Å². The quantitative estimate of drug-likeness (QED) is 0.144. The van der Waals surface area contributed by atoms with Crippen molar-refractivity contribution >= 4 is 11.8 Å². The highest BCUT2D eigenvalue weighted by atomic mass is 16.5. The van der Waals surface area contributed by atoms with Crippen LogP contribution in [0.1, 0.15) is 21.5 Å². The van der Waals surface area contributed by atoms with Gasteiger partial charge in [0, 0.05) is 31.3 Å². The first-order valence-corrected chi connectivity index (χ1v) is 12.0. The van der Waals surface area contributed by atoms with Gasteiger partial charge >= 0.3 is 5.97 Å². The maximum Gasteiger partial charge on any atom is 0.330 e. The number of hydrogen-bond donors (Lipinski definition) is 0. The second-order valence-corrected chi connectivity index (χ2v) is 8.49. The summed E-state index contributed by atoms with van der Waals surface area (Å²) in [5.74, 6) is -0.759. The highest BCUT2D eigenvalue weighted by Crippen LogP contribution is 2.19. The molecule has 4 heteroatoms. The molecule has 0 aliphatic heterocycles. The zero-order valence-corrected chi connectivity index (χ0v) is 20.1. The fourth-order valence-corrected chi connectivity index (χ4v) is 3.92. The van der Waals surface area contributed by atoms with Crippen LogP contribution in [0.25, 0.3) is 11.1 Å². The van der Waals surface area contributed by atoms with Crippen molar-refractivity contribution in [2.75, 3.05) is 13.2 Å². The molecule has 0 saturated carbocycles. The van der Waals surface area contributed by atoms with Crippen LogP contribution in [0.2, 0.25) is 0 Å². The summed E-state index contributed by atoms with van der Waals surface area (Å²) in [6, 6.07) is 37.7. The lowest BCUT2D eigenvalue weighted by Gasteiger charge is -2.22. The average molecular weight is 476 g/mol. The number of benzene rings is 4. The van der Waals surface area contributed by atoms with E-state index in [1.54, 1.807) is 12.1 Å². The Labute approximate surface area is 212 Å². The van der Waals surface area contributed by atoms with Crippen molar-refractivity contribution in [3.8, 4) is 11.1 Å². The van der Waals surface area contributed by atoms with E-state index in [2.05, 4.69) is 29.2 Å². The van der Waals surface area contributed by atoms with E-state index in [-0.39, 0.29) is 12.4 Å². The topological polar surface area (TPSA) is 46.6 Å². The molecular weight excluding hydrogens is 446 g/mol. The largest absolute Gasteiger partial charge is 0.461 e. The molecule has 4 rings (SSSR count). The molecule has 0 aliphatic rings. The molecule has 0 N–H and O–H groups in total. The summed E-state index contributed by atoms with van der Waals surface area (Å²) in [5.41, 5.74) is 5.04. The fraction of sp³-hybridized carbons (Fsp3) is 0.125.